The molecule has 0 aliphatic heterocycles. The average Bonchev–Trinajstić information content (AvgIpc) is 2.46. The van der Waals surface area contributed by atoms with Gasteiger partial charge in [-0.3, -0.25) is 4.79 Å². The third-order valence-corrected chi connectivity index (χ3v) is 4.77. The number of hydrogen-bond acceptors (Lipinski definition) is 4. The van der Waals surface area contributed by atoms with Gasteiger partial charge in [-0.2, -0.15) is 0 Å². The van der Waals surface area contributed by atoms with Gasteiger partial charge in [0, 0.05) is 14.8 Å². The second kappa shape index (κ2) is 5.71. The molecule has 112 valence electrons. The van der Waals surface area contributed by atoms with Gasteiger partial charge in [-0.1, -0.05) is 23.7 Å². The highest BCUT2D eigenvalue weighted by molar-refractivity contribution is 7.24. The topological polar surface area (TPSA) is 43.4 Å². The van der Waals surface area contributed by atoms with Crippen molar-refractivity contribution in [2.24, 2.45) is 0 Å². The lowest BCUT2D eigenvalue weighted by Gasteiger charge is -2.10. The molecule has 0 amide bonds. The molecule has 0 saturated heterocycles. The van der Waals surface area contributed by atoms with Crippen molar-refractivity contribution in [3.8, 4) is 0 Å². The Morgan fingerprint density at radius 2 is 1.86 bits per heavy atom. The van der Waals surface area contributed by atoms with Gasteiger partial charge in [0.2, 0.25) is 0 Å². The van der Waals surface area contributed by atoms with Crippen molar-refractivity contribution in [2.75, 3.05) is 0 Å². The fraction of sp³-hybridized carbons (Fsp3) is 0.176. The van der Waals surface area contributed by atoms with Gasteiger partial charge < -0.3 is 4.74 Å². The molecule has 0 fully saturated rings. The van der Waals surface area contributed by atoms with Crippen molar-refractivity contribution in [3.05, 3.63) is 57.2 Å². The maximum Gasteiger partial charge on any atom is 0.339 e. The van der Waals surface area contributed by atoms with Crippen LogP contribution in [-0.2, 0) is 4.74 Å². The van der Waals surface area contributed by atoms with Crippen LogP contribution in [0.4, 0.5) is 0 Å². The molecule has 1 heterocycles. The summed E-state index contributed by atoms with van der Waals surface area (Å²) in [7, 11) is 0. The van der Waals surface area contributed by atoms with Crippen LogP contribution in [0, 0.1) is 0 Å². The van der Waals surface area contributed by atoms with Gasteiger partial charge in [-0.05, 0) is 38.1 Å². The summed E-state index contributed by atoms with van der Waals surface area (Å²) in [4.78, 5) is 24.8. The molecular weight excluding hydrogens is 320 g/mol. The zero-order chi connectivity index (χ0) is 15.9. The third-order valence-electron chi connectivity index (χ3n) is 3.25. The van der Waals surface area contributed by atoms with E-state index in [4.69, 9.17) is 16.3 Å². The molecule has 3 rings (SSSR count). The Morgan fingerprint density at radius 3 is 2.59 bits per heavy atom. The first-order chi connectivity index (χ1) is 10.5. The molecule has 0 radical (unpaired) electrons. The Labute approximate surface area is 136 Å². The normalized spacial score (nSPS) is 11.3. The number of esters is 1. The minimum absolute atomic E-state index is 0.159. The van der Waals surface area contributed by atoms with E-state index >= 15 is 0 Å². The van der Waals surface area contributed by atoms with Crippen molar-refractivity contribution in [2.45, 2.75) is 20.0 Å². The van der Waals surface area contributed by atoms with Crippen molar-refractivity contribution < 1.29 is 9.53 Å². The zero-order valence-corrected chi connectivity index (χ0v) is 13.6. The molecule has 0 aliphatic carbocycles. The number of fused-ring (bicyclic) bond motifs is 2. The quantitative estimate of drug-likeness (QED) is 0.507. The standard InChI is InChI=1S/C17H13ClO3S/c1-9(2)21-17(20)11-7-8-13-14(15(11)18)16(19)10-5-3-4-6-12(10)22-13/h3-9H,1-2H3. The summed E-state index contributed by atoms with van der Waals surface area (Å²) in [6.45, 7) is 3.53. The van der Waals surface area contributed by atoms with Gasteiger partial charge in [0.15, 0.2) is 5.43 Å². The molecule has 22 heavy (non-hydrogen) atoms. The summed E-state index contributed by atoms with van der Waals surface area (Å²) >= 11 is 7.81. The Morgan fingerprint density at radius 1 is 1.14 bits per heavy atom. The fourth-order valence-electron chi connectivity index (χ4n) is 2.29. The summed E-state index contributed by atoms with van der Waals surface area (Å²) < 4.78 is 6.83. The van der Waals surface area contributed by atoms with E-state index in [0.29, 0.717) is 10.8 Å². The van der Waals surface area contributed by atoms with E-state index in [1.54, 1.807) is 32.0 Å². The highest BCUT2D eigenvalue weighted by Crippen LogP contribution is 2.31. The van der Waals surface area contributed by atoms with E-state index in [-0.39, 0.29) is 22.1 Å². The van der Waals surface area contributed by atoms with E-state index in [2.05, 4.69) is 0 Å². The number of hydrogen-bond donors (Lipinski definition) is 0. The molecule has 0 unspecified atom stereocenters. The molecule has 3 nitrogen and oxygen atoms in total. The van der Waals surface area contributed by atoms with Crippen molar-refractivity contribution >= 4 is 49.1 Å². The van der Waals surface area contributed by atoms with Crippen LogP contribution in [0.2, 0.25) is 5.02 Å². The van der Waals surface area contributed by atoms with Crippen LogP contribution >= 0.6 is 22.9 Å². The van der Waals surface area contributed by atoms with Crippen molar-refractivity contribution in [1.82, 2.24) is 0 Å². The number of carbonyl (C=O) groups excluding carboxylic acids is 1. The second-order valence-corrected chi connectivity index (χ2v) is 6.64. The lowest BCUT2D eigenvalue weighted by molar-refractivity contribution is 0.0378. The Hall–Kier alpha value is -1.91. The molecule has 1 aromatic heterocycles. The van der Waals surface area contributed by atoms with E-state index in [0.717, 1.165) is 9.40 Å². The van der Waals surface area contributed by atoms with Crippen LogP contribution in [0.5, 0.6) is 0 Å². The van der Waals surface area contributed by atoms with Gasteiger partial charge in [-0.25, -0.2) is 4.79 Å². The maximum atomic E-state index is 12.7. The number of halogens is 1. The third kappa shape index (κ3) is 2.49. The van der Waals surface area contributed by atoms with Gasteiger partial charge in [0.25, 0.3) is 0 Å². The minimum atomic E-state index is -0.514. The molecule has 0 spiro atoms. The minimum Gasteiger partial charge on any atom is -0.459 e. The summed E-state index contributed by atoms with van der Waals surface area (Å²) in [6, 6.07) is 10.7. The number of ether oxygens (including phenoxy) is 1. The smallest absolute Gasteiger partial charge is 0.339 e. The molecule has 0 bridgehead atoms. The molecule has 3 aromatic rings. The monoisotopic (exact) mass is 332 g/mol. The van der Waals surface area contributed by atoms with Gasteiger partial charge in [0.1, 0.15) is 0 Å². The maximum absolute atomic E-state index is 12.7. The zero-order valence-electron chi connectivity index (χ0n) is 12.1. The Kier molecular flexibility index (Phi) is 3.89. The molecule has 0 saturated carbocycles. The van der Waals surface area contributed by atoms with E-state index in [1.807, 2.05) is 18.2 Å². The second-order valence-electron chi connectivity index (χ2n) is 5.18. The summed E-state index contributed by atoms with van der Waals surface area (Å²) in [5, 5.41) is 1.15. The van der Waals surface area contributed by atoms with Crippen LogP contribution < -0.4 is 5.43 Å². The molecular formula is C17H13ClO3S. The number of benzene rings is 2. The average molecular weight is 333 g/mol. The SMILES string of the molecule is CC(C)OC(=O)c1ccc2sc3ccccc3c(=O)c2c1Cl. The van der Waals surface area contributed by atoms with Crippen LogP contribution in [-0.4, -0.2) is 12.1 Å². The van der Waals surface area contributed by atoms with Crippen molar-refractivity contribution in [1.29, 1.82) is 0 Å². The molecule has 0 atom stereocenters. The van der Waals surface area contributed by atoms with Crippen LogP contribution in [0.3, 0.4) is 0 Å². The van der Waals surface area contributed by atoms with Gasteiger partial charge in [-0.15, -0.1) is 11.3 Å². The molecule has 0 aliphatic rings. The number of rotatable bonds is 2. The fourth-order valence-corrected chi connectivity index (χ4v) is 3.76. The van der Waals surface area contributed by atoms with Crippen LogP contribution in [0.15, 0.2) is 41.2 Å². The number of carbonyl (C=O) groups is 1. The van der Waals surface area contributed by atoms with Crippen LogP contribution in [0.1, 0.15) is 24.2 Å². The molecule has 5 heteroatoms. The highest BCUT2D eigenvalue weighted by atomic mass is 35.5. The Balaban J connectivity index is 2.31. The Bertz CT molecular complexity index is 944. The molecule has 2 aromatic carbocycles. The van der Waals surface area contributed by atoms with Gasteiger partial charge in [0.05, 0.1) is 22.1 Å². The van der Waals surface area contributed by atoms with Crippen LogP contribution in [0.25, 0.3) is 20.2 Å². The summed E-state index contributed by atoms with van der Waals surface area (Å²) in [5.41, 5.74) is 0.0657. The molecule has 0 N–H and O–H groups in total. The van der Waals surface area contributed by atoms with E-state index in [1.165, 1.54) is 11.3 Å². The first-order valence-electron chi connectivity index (χ1n) is 6.84. The summed E-state index contributed by atoms with van der Waals surface area (Å²) in [6.07, 6.45) is -0.245. The lowest BCUT2D eigenvalue weighted by atomic mass is 10.1. The first-order valence-corrected chi connectivity index (χ1v) is 8.03. The highest BCUT2D eigenvalue weighted by Gasteiger charge is 2.18. The predicted octanol–water partition coefficient (Wildman–Crippen LogP) is 4.63. The first kappa shape index (κ1) is 15.0. The van der Waals surface area contributed by atoms with Gasteiger partial charge >= 0.3 is 5.97 Å². The largest absolute Gasteiger partial charge is 0.459 e. The van der Waals surface area contributed by atoms with E-state index < -0.39 is 5.97 Å². The van der Waals surface area contributed by atoms with Crippen molar-refractivity contribution in [3.63, 3.8) is 0 Å². The van der Waals surface area contributed by atoms with E-state index in [9.17, 15) is 9.59 Å². The predicted molar refractivity (Wildman–Crippen MR) is 91.2 cm³/mol. The summed E-state index contributed by atoms with van der Waals surface area (Å²) in [5.74, 6) is -0.514. The lowest BCUT2D eigenvalue weighted by Crippen LogP contribution is -2.13.